The Hall–Kier alpha value is -10.3. The van der Waals surface area contributed by atoms with E-state index in [9.17, 15) is 72.0 Å². The summed E-state index contributed by atoms with van der Waals surface area (Å²) in [5.41, 5.74) is 0.462. The van der Waals surface area contributed by atoms with E-state index >= 15 is 0 Å². The molecule has 0 heterocycles. The molecule has 0 aromatic heterocycles. The van der Waals surface area contributed by atoms with Gasteiger partial charge in [0.1, 0.15) is 29.5 Å². The third-order valence-electron chi connectivity index (χ3n) is 23.0. The van der Waals surface area contributed by atoms with Crippen molar-refractivity contribution in [1.29, 1.82) is 0 Å². The highest BCUT2D eigenvalue weighted by Gasteiger charge is 2.54. The Morgan fingerprint density at radius 2 is 0.794 bits per heavy atom. The first-order valence-electron chi connectivity index (χ1n) is 42.7. The third-order valence-corrected chi connectivity index (χ3v) is 29.0. The fourth-order valence-electron chi connectivity index (χ4n) is 14.0. The molecule has 0 amide bonds. The quantitative estimate of drug-likeness (QED) is 0.00866. The van der Waals surface area contributed by atoms with Gasteiger partial charge in [-0.1, -0.05) is 199 Å². The van der Waals surface area contributed by atoms with Crippen LogP contribution < -0.4 is 4.74 Å². The summed E-state index contributed by atoms with van der Waals surface area (Å²) < 4.78 is 165. The van der Waals surface area contributed by atoms with Gasteiger partial charge in [0.2, 0.25) is 13.1 Å². The number of hydrogen-bond acceptors (Lipinski definition) is 29. The maximum atomic E-state index is 13.6. The lowest BCUT2D eigenvalue weighted by molar-refractivity contribution is -0.197. The van der Waals surface area contributed by atoms with E-state index in [-0.39, 0.29) is 38.0 Å². The molecule has 8 aromatic carbocycles. The first kappa shape index (κ1) is 108. The summed E-state index contributed by atoms with van der Waals surface area (Å²) in [6, 6.07) is 55.5. The van der Waals surface area contributed by atoms with E-state index in [4.69, 9.17) is 54.6 Å². The summed E-state index contributed by atoms with van der Waals surface area (Å²) in [6.45, 7) is 20.1. The molecule has 0 saturated heterocycles. The van der Waals surface area contributed by atoms with Crippen LogP contribution in [0.25, 0.3) is 0 Å². The van der Waals surface area contributed by atoms with Crippen LogP contribution in [0.2, 0.25) is 0 Å². The number of carbonyl (C=O) groups excluding carboxylic acids is 8. The van der Waals surface area contributed by atoms with E-state index in [2.05, 4.69) is 0 Å². The topological polar surface area (TPSA) is 384 Å². The van der Waals surface area contributed by atoms with Gasteiger partial charge in [0.25, 0.3) is 40.5 Å². The van der Waals surface area contributed by atoms with Gasteiger partial charge < -0.3 is 37.9 Å². The van der Waals surface area contributed by atoms with E-state index in [1.165, 1.54) is 90.1 Å². The van der Waals surface area contributed by atoms with Crippen LogP contribution >= 0.6 is 11.8 Å². The maximum Gasteiger partial charge on any atom is 0.328 e. The molecule has 0 radical (unpaired) electrons. The van der Waals surface area contributed by atoms with Crippen LogP contribution in [0.3, 0.4) is 0 Å². The molecule has 8 unspecified atom stereocenters. The van der Waals surface area contributed by atoms with Crippen molar-refractivity contribution in [2.24, 2.45) is 33.5 Å². The van der Waals surface area contributed by atoms with Gasteiger partial charge in [0, 0.05) is 23.0 Å². The van der Waals surface area contributed by atoms with Crippen LogP contribution in [0.15, 0.2) is 225 Å². The van der Waals surface area contributed by atoms with Gasteiger partial charge in [-0.2, -0.15) is 33.7 Å². The van der Waals surface area contributed by atoms with Crippen molar-refractivity contribution < 1.29 is 127 Å². The molecule has 0 N–H and O–H groups in total. The highest BCUT2D eigenvalue weighted by Crippen LogP contribution is 2.44. The van der Waals surface area contributed by atoms with E-state index in [0.29, 0.717) is 24.2 Å². The average Bonchev–Trinajstić information content (AvgIpc) is 0.764. The summed E-state index contributed by atoms with van der Waals surface area (Å²) in [7, 11) is -14.5. The highest BCUT2D eigenvalue weighted by atomic mass is 32.2. The molecule has 2 aliphatic rings. The first-order chi connectivity index (χ1) is 61.8. The number of ether oxygens (including phenoxy) is 8. The second kappa shape index (κ2) is 48.9. The molecule has 10 rings (SSSR count). The van der Waals surface area contributed by atoms with Crippen LogP contribution in [0.4, 0.5) is 0 Å². The second-order valence-corrected chi connectivity index (χ2v) is 40.2. The minimum atomic E-state index is -4.23. The summed E-state index contributed by atoms with van der Waals surface area (Å²) in [5, 5.41) is 0. The van der Waals surface area contributed by atoms with Crippen molar-refractivity contribution in [3.63, 3.8) is 0 Å². The number of thioether (sulfide) groups is 1. The fraction of sp³-hybridized carbons (Fsp3) is 0.429. The Morgan fingerprint density at radius 1 is 0.412 bits per heavy atom. The third kappa shape index (κ3) is 29.6. The van der Waals surface area contributed by atoms with Crippen molar-refractivity contribution in [3.8, 4) is 5.75 Å². The Labute approximate surface area is 774 Å². The monoisotopic (exact) mass is 1900 g/mol. The number of benzene rings is 8. The predicted molar refractivity (Wildman–Crippen MR) is 490 cm³/mol. The Balaban J connectivity index is 0.000000239. The van der Waals surface area contributed by atoms with Gasteiger partial charge in [-0.25, -0.2) is 0 Å². The van der Waals surface area contributed by atoms with Crippen molar-refractivity contribution >= 4 is 99.6 Å². The summed E-state index contributed by atoms with van der Waals surface area (Å²) in [6.07, 6.45) is 7.46. The summed E-state index contributed by atoms with van der Waals surface area (Å²) >= 11 is 1.58. The summed E-state index contributed by atoms with van der Waals surface area (Å²) in [4.78, 5) is 104. The van der Waals surface area contributed by atoms with Crippen LogP contribution in [-0.2, 0) is 129 Å². The standard InChI is InChI=1S/C27H34O7S.C26H32O6S.C23H28O8S.C22H26O7S2/c1-19-10-14-22(15-11-19)24(21-8-6-5-7-9-21)34-26(29)27(3,25(28)32-4)18-33-35(30,31)23-16-12-20(2)13-17-23;1-19-14-16-22(17-15-19)20(2)32-25(28)26(21(3)27,23-10-6-4-7-11-23)18-31-33(29,30)24-12-8-5-9-13-24;1-6-29-20(18-11-7-16(2)8-12-18)31-22(25)23(4,21(24)28-5)15-30-32(26,27)19-13-9-17(3)10-14-19;1-15-6-12-20(13-7-15)31(25,26)29-17(3)22(4,16(2)23)21(24)28-14-27-18-8-10-19(30-5)11-9-18/h10-17,21,24H,5-9,18H2,1-4H3;5,8-9,12-17,20,23H,4,6-7,10-11,18H2,1-3H3;7-14,20H,6,15H2,1-5H3;6-13,17H,14H2,1-5H3. The van der Waals surface area contributed by atoms with Gasteiger partial charge in [0.15, 0.2) is 21.7 Å². The number of carbonyl (C=O) groups is 8. The molecule has 2 fully saturated rings. The molecule has 8 aromatic rings. The van der Waals surface area contributed by atoms with Gasteiger partial charge in [-0.3, -0.25) is 55.1 Å². The molecule has 33 heteroatoms. The number of rotatable bonds is 38. The van der Waals surface area contributed by atoms with Crippen LogP contribution in [0.1, 0.15) is 188 Å². The molecule has 28 nitrogen and oxygen atoms in total. The maximum absolute atomic E-state index is 13.6. The van der Waals surface area contributed by atoms with Crippen molar-refractivity contribution in [2.75, 3.05) is 53.7 Å². The minimum Gasteiger partial charge on any atom is -0.468 e. The SMILES string of the molecule is CC(=O)C(COS(=O)(=O)c1ccccc1)(C(=O)OC(C)c1ccc(C)cc1)C1CCCCC1.CCOC(OC(=O)C(C)(COS(=O)(=O)c1ccc(C)cc1)C(=O)OC)c1ccc(C)cc1.COC(=O)C(C)(COS(=O)(=O)c1ccc(C)cc1)C(=O)OC(c1ccc(C)cc1)C1CCCCC1.CSc1ccc(OCOC(=O)C(C)(C(C)=O)C(C)OS(=O)(=O)c2ccc(C)cc2)cc1. The molecule has 710 valence electrons. The van der Waals surface area contributed by atoms with Gasteiger partial charge >= 0.3 is 35.8 Å². The molecule has 0 bridgehead atoms. The molecule has 8 atom stereocenters. The molecule has 0 spiro atoms. The lowest BCUT2D eigenvalue weighted by atomic mass is 9.67. The van der Waals surface area contributed by atoms with Crippen molar-refractivity contribution in [2.45, 2.75) is 210 Å². The zero-order valence-corrected chi connectivity index (χ0v) is 81.2. The zero-order valence-electron chi connectivity index (χ0n) is 77.1. The lowest BCUT2D eigenvalue weighted by Crippen LogP contribution is -2.50. The molecule has 0 aliphatic heterocycles. The number of esters is 6. The van der Waals surface area contributed by atoms with Crippen LogP contribution in [0, 0.1) is 75.0 Å². The predicted octanol–water partition coefficient (Wildman–Crippen LogP) is 17.7. The van der Waals surface area contributed by atoms with Gasteiger partial charge in [0.05, 0.1) is 59.7 Å². The minimum absolute atomic E-state index is 0.0208. The molecule has 2 saturated carbocycles. The number of aryl methyl sites for hydroxylation is 6. The van der Waals surface area contributed by atoms with Crippen LogP contribution in [-0.4, -0.2) is 141 Å². The van der Waals surface area contributed by atoms with E-state index in [1.807, 2.05) is 121 Å². The molecular formula is C98H120O28S5. The number of methoxy groups -OCH3 is 2. The van der Waals surface area contributed by atoms with E-state index < -0.39 is 161 Å². The number of Topliss-reactive ketones (excluding diaryl/α,β-unsaturated/α-hetero) is 2. The second-order valence-electron chi connectivity index (χ2n) is 32.9. The Morgan fingerprint density at radius 3 is 1.20 bits per heavy atom. The molecular weight excluding hydrogens is 1790 g/mol. The lowest BCUT2D eigenvalue weighted by Gasteiger charge is -2.38. The number of ketones is 2. The van der Waals surface area contributed by atoms with Gasteiger partial charge in [-0.05, 0) is 219 Å². The molecule has 2 aliphatic carbocycles. The highest BCUT2D eigenvalue weighted by molar-refractivity contribution is 7.98. The largest absolute Gasteiger partial charge is 0.468 e. The number of hydrogen-bond donors (Lipinski definition) is 0. The van der Waals surface area contributed by atoms with E-state index in [1.54, 1.807) is 104 Å². The van der Waals surface area contributed by atoms with E-state index in [0.717, 1.165) is 115 Å². The Kier molecular flexibility index (Phi) is 40.2. The smallest absolute Gasteiger partial charge is 0.328 e. The Bertz CT molecular complexity index is 5610. The van der Waals surface area contributed by atoms with Gasteiger partial charge in [-0.15, -0.1) is 11.8 Å². The fourth-order valence-corrected chi connectivity index (χ4v) is 18.6. The zero-order chi connectivity index (χ0) is 96.9. The summed E-state index contributed by atoms with van der Waals surface area (Å²) in [5.74, 6) is -6.27. The normalized spacial score (nSPS) is 15.9. The first-order valence-corrected chi connectivity index (χ1v) is 49.6. The van der Waals surface area contributed by atoms with Crippen molar-refractivity contribution in [1.82, 2.24) is 0 Å². The molecule has 131 heavy (non-hydrogen) atoms. The average molecular weight is 1910 g/mol. The van der Waals surface area contributed by atoms with Crippen molar-refractivity contribution in [3.05, 3.63) is 250 Å². The van der Waals surface area contributed by atoms with Crippen LogP contribution in [0.5, 0.6) is 5.75 Å².